The van der Waals surface area contributed by atoms with E-state index in [1.807, 2.05) is 27.7 Å². The fourth-order valence-electron chi connectivity index (χ4n) is 2.23. The number of nitrogens with zero attached hydrogens (tertiary/aromatic N) is 2. The van der Waals surface area contributed by atoms with E-state index in [-0.39, 0.29) is 0 Å². The van der Waals surface area contributed by atoms with Crippen LogP contribution in [0.2, 0.25) is 0 Å². The first-order valence-electron chi connectivity index (χ1n) is 7.60. The summed E-state index contributed by atoms with van der Waals surface area (Å²) < 4.78 is -3.43. The van der Waals surface area contributed by atoms with Crippen LogP contribution >= 0.6 is 69.6 Å². The van der Waals surface area contributed by atoms with Crippen LogP contribution in [-0.4, -0.2) is 61.9 Å². The number of halogens is 6. The summed E-state index contributed by atoms with van der Waals surface area (Å²) in [6.07, 6.45) is -1.66. The van der Waals surface area contributed by atoms with E-state index in [1.165, 1.54) is 0 Å². The summed E-state index contributed by atoms with van der Waals surface area (Å²) in [7, 11) is 0. The lowest BCUT2D eigenvalue weighted by Crippen LogP contribution is -2.62. The van der Waals surface area contributed by atoms with Gasteiger partial charge >= 0.3 is 6.03 Å². The van der Waals surface area contributed by atoms with Gasteiger partial charge in [0, 0.05) is 0 Å². The predicted molar refractivity (Wildman–Crippen MR) is 106 cm³/mol. The number of carbonyl (C=O) groups excluding carboxylic acids is 1. The minimum absolute atomic E-state index is 0.583. The third kappa shape index (κ3) is 8.09. The Morgan fingerprint density at radius 3 is 1.17 bits per heavy atom. The molecule has 2 amide bonds. The maximum atomic E-state index is 12.4. The van der Waals surface area contributed by atoms with Crippen molar-refractivity contribution in [3.05, 3.63) is 0 Å². The quantitative estimate of drug-likeness (QED) is 0.414. The molecule has 0 aliphatic heterocycles. The first-order chi connectivity index (χ1) is 10.9. The Kier molecular flexibility index (Phi) is 11.4. The maximum Gasteiger partial charge on any atom is 0.317 e. The van der Waals surface area contributed by atoms with E-state index in [9.17, 15) is 4.79 Å². The zero-order chi connectivity index (χ0) is 19.1. The second kappa shape index (κ2) is 10.9. The van der Waals surface area contributed by atoms with Crippen molar-refractivity contribution in [2.45, 2.75) is 47.6 Å². The van der Waals surface area contributed by atoms with Gasteiger partial charge < -0.3 is 10.6 Å². The monoisotopic (exact) mass is 462 g/mol. The number of nitrogens with one attached hydrogen (secondary N) is 2. The lowest BCUT2D eigenvalue weighted by molar-refractivity contribution is 0.156. The molecular weight excluding hydrogens is 441 g/mol. The molecule has 0 spiro atoms. The molecule has 0 aliphatic rings. The van der Waals surface area contributed by atoms with E-state index in [2.05, 4.69) is 10.6 Å². The van der Waals surface area contributed by atoms with Crippen LogP contribution in [0.3, 0.4) is 0 Å². The van der Waals surface area contributed by atoms with Crippen LogP contribution < -0.4 is 10.6 Å². The maximum absolute atomic E-state index is 12.4. The van der Waals surface area contributed by atoms with Crippen molar-refractivity contribution in [3.8, 4) is 0 Å². The van der Waals surface area contributed by atoms with E-state index in [0.29, 0.717) is 26.2 Å². The Labute approximate surface area is 174 Å². The Balaban J connectivity index is 5.22. The van der Waals surface area contributed by atoms with Gasteiger partial charge in [0.15, 0.2) is 0 Å². The molecule has 0 heterocycles. The van der Waals surface area contributed by atoms with Crippen molar-refractivity contribution in [2.75, 3.05) is 26.2 Å². The number of rotatable bonds is 8. The van der Waals surface area contributed by atoms with Crippen LogP contribution in [-0.2, 0) is 0 Å². The third-order valence-corrected chi connectivity index (χ3v) is 4.75. The molecule has 11 heteroatoms. The van der Waals surface area contributed by atoms with Gasteiger partial charge in [-0.3, -0.25) is 9.80 Å². The van der Waals surface area contributed by atoms with Crippen LogP contribution in [0.15, 0.2) is 0 Å². The molecule has 0 rings (SSSR count). The van der Waals surface area contributed by atoms with Crippen LogP contribution in [0.1, 0.15) is 27.7 Å². The normalized spacial score (nSPS) is 15.5. The van der Waals surface area contributed by atoms with Crippen molar-refractivity contribution in [3.63, 3.8) is 0 Å². The van der Waals surface area contributed by atoms with Gasteiger partial charge in [-0.25, -0.2) is 4.79 Å². The molecule has 0 aliphatic carbocycles. The molecule has 2 atom stereocenters. The molecule has 0 aromatic carbocycles. The number of urea groups is 1. The largest absolute Gasteiger partial charge is 0.318 e. The van der Waals surface area contributed by atoms with Gasteiger partial charge in [0.1, 0.15) is 12.3 Å². The molecule has 0 bridgehead atoms. The highest BCUT2D eigenvalue weighted by Crippen LogP contribution is 2.33. The molecule has 144 valence electrons. The minimum Gasteiger partial charge on any atom is -0.318 e. The van der Waals surface area contributed by atoms with Gasteiger partial charge in [-0.1, -0.05) is 97.3 Å². The summed E-state index contributed by atoms with van der Waals surface area (Å²) in [5.74, 6) is 0. The fourth-order valence-corrected chi connectivity index (χ4v) is 3.38. The molecule has 5 nitrogen and oxygen atoms in total. The molecule has 24 heavy (non-hydrogen) atoms. The second-order valence-corrected chi connectivity index (χ2v) is 9.69. The van der Waals surface area contributed by atoms with Crippen molar-refractivity contribution >= 4 is 75.6 Å². The smallest absolute Gasteiger partial charge is 0.317 e. The standard InChI is InChI=1S/C13H24Cl6N4O/c1-5-22(6-2)9(12(14,15)16)20-11(24)21-10(13(17,18)19)23(7-3)8-4/h9-10H,5-8H2,1-4H3,(H2,20,21,24). The molecular formula is C13H24Cl6N4O. The lowest BCUT2D eigenvalue weighted by atomic mass is 10.4. The highest BCUT2D eigenvalue weighted by molar-refractivity contribution is 6.68. The number of carbonyl (C=O) groups is 1. The van der Waals surface area contributed by atoms with Gasteiger partial charge in [-0.05, 0) is 26.2 Å². The topological polar surface area (TPSA) is 47.6 Å². The first-order valence-corrected chi connectivity index (χ1v) is 9.87. The summed E-state index contributed by atoms with van der Waals surface area (Å²) in [6.45, 7) is 9.91. The summed E-state index contributed by atoms with van der Waals surface area (Å²) in [4.78, 5) is 16.0. The average Bonchev–Trinajstić information content (AvgIpc) is 2.45. The SMILES string of the molecule is CCN(CC)C(NC(=O)NC(N(CC)CC)C(Cl)(Cl)Cl)C(Cl)(Cl)Cl. The summed E-state index contributed by atoms with van der Waals surface area (Å²) in [6, 6.07) is -0.596. The molecule has 0 aromatic heterocycles. The van der Waals surface area contributed by atoms with E-state index in [1.54, 1.807) is 9.80 Å². The van der Waals surface area contributed by atoms with Gasteiger partial charge in [-0.2, -0.15) is 0 Å². The zero-order valence-corrected chi connectivity index (χ0v) is 18.6. The highest BCUT2D eigenvalue weighted by Gasteiger charge is 2.40. The minimum atomic E-state index is -1.71. The molecule has 2 N–H and O–H groups in total. The Morgan fingerprint density at radius 1 is 0.750 bits per heavy atom. The van der Waals surface area contributed by atoms with Gasteiger partial charge in [0.05, 0.1) is 0 Å². The lowest BCUT2D eigenvalue weighted by Gasteiger charge is -2.38. The van der Waals surface area contributed by atoms with Crippen molar-refractivity contribution in [1.82, 2.24) is 20.4 Å². The van der Waals surface area contributed by atoms with Crippen LogP contribution in [0, 0.1) is 0 Å². The Bertz CT molecular complexity index is 346. The molecule has 0 radical (unpaired) electrons. The zero-order valence-electron chi connectivity index (χ0n) is 14.1. The third-order valence-electron chi connectivity index (χ3n) is 3.51. The molecule has 0 fully saturated rings. The van der Waals surface area contributed by atoms with Crippen LogP contribution in [0.4, 0.5) is 4.79 Å². The van der Waals surface area contributed by atoms with Crippen LogP contribution in [0.5, 0.6) is 0 Å². The number of alkyl halides is 6. The van der Waals surface area contributed by atoms with Gasteiger partial charge in [0.25, 0.3) is 0 Å². The van der Waals surface area contributed by atoms with Crippen molar-refractivity contribution in [1.29, 1.82) is 0 Å². The van der Waals surface area contributed by atoms with Crippen molar-refractivity contribution < 1.29 is 4.79 Å². The molecule has 0 aromatic rings. The molecule has 2 unspecified atom stereocenters. The summed E-state index contributed by atoms with van der Waals surface area (Å²) >= 11 is 36.0. The number of amides is 2. The van der Waals surface area contributed by atoms with E-state index < -0.39 is 25.9 Å². The number of hydrogen-bond donors (Lipinski definition) is 2. The van der Waals surface area contributed by atoms with Gasteiger partial charge in [0.2, 0.25) is 7.59 Å². The van der Waals surface area contributed by atoms with E-state index in [0.717, 1.165) is 0 Å². The Morgan fingerprint density at radius 2 is 1.00 bits per heavy atom. The summed E-state index contributed by atoms with van der Waals surface area (Å²) in [5.41, 5.74) is 0. The highest BCUT2D eigenvalue weighted by atomic mass is 35.6. The molecule has 0 saturated carbocycles. The van der Waals surface area contributed by atoms with Gasteiger partial charge in [-0.15, -0.1) is 0 Å². The first kappa shape index (κ1) is 24.9. The average molecular weight is 465 g/mol. The fraction of sp³-hybridized carbons (Fsp3) is 0.923. The number of hydrogen-bond acceptors (Lipinski definition) is 3. The van der Waals surface area contributed by atoms with E-state index >= 15 is 0 Å². The second-order valence-electron chi connectivity index (χ2n) is 4.95. The Hall–Kier alpha value is 0.930. The van der Waals surface area contributed by atoms with Crippen molar-refractivity contribution in [2.24, 2.45) is 0 Å². The summed E-state index contributed by atoms with van der Waals surface area (Å²) in [5, 5.41) is 5.28. The predicted octanol–water partition coefficient (Wildman–Crippen LogP) is 4.36. The van der Waals surface area contributed by atoms with E-state index in [4.69, 9.17) is 69.6 Å². The van der Waals surface area contributed by atoms with Crippen LogP contribution in [0.25, 0.3) is 0 Å². The molecule has 0 saturated heterocycles.